The molecule has 2 amide bonds. The molecule has 2 N–H and O–H groups in total. The lowest BCUT2D eigenvalue weighted by Crippen LogP contribution is -2.42. The highest BCUT2D eigenvalue weighted by molar-refractivity contribution is 5.95. The topological polar surface area (TPSA) is 96.7 Å². The Hall–Kier alpha value is -2.87. The third-order valence-corrected chi connectivity index (χ3v) is 5.55. The zero-order chi connectivity index (χ0) is 20.2. The van der Waals surface area contributed by atoms with Crippen molar-refractivity contribution in [1.82, 2.24) is 15.1 Å². The summed E-state index contributed by atoms with van der Waals surface area (Å²) >= 11 is 0. The van der Waals surface area contributed by atoms with Gasteiger partial charge in [-0.1, -0.05) is 6.07 Å². The smallest absolute Gasteiger partial charge is 0.258 e. The Balaban J connectivity index is 1.26. The number of hydrogen-bond donors (Lipinski definition) is 2. The molecule has 1 aromatic heterocycles. The van der Waals surface area contributed by atoms with Gasteiger partial charge in [0.05, 0.1) is 12.1 Å². The van der Waals surface area contributed by atoms with Crippen LogP contribution in [0.5, 0.6) is 5.75 Å². The first-order chi connectivity index (χ1) is 14.1. The molecule has 0 bridgehead atoms. The first-order valence-corrected chi connectivity index (χ1v) is 10.1. The maximum absolute atomic E-state index is 12.3. The van der Waals surface area contributed by atoms with Gasteiger partial charge in [-0.05, 0) is 43.4 Å². The number of nitrogens with zero attached hydrogens (tertiary/aromatic N) is 3. The largest absolute Gasteiger partial charge is 0.484 e. The summed E-state index contributed by atoms with van der Waals surface area (Å²) in [6.07, 6.45) is 5.84. The molecule has 2 aliphatic rings. The standard InChI is InChI=1S/C21H26N4O4/c26-19-11-15(13-24-8-3-7-22-24)10-18(19)23-20(27)14-29-17-5-1-4-16(12-17)25-9-2-6-21(25)28/h1,3-5,7-8,12,15,18-19,26H,2,6,9-11,13-14H2,(H,23,27)/t15?,18-,19-/m1/s1. The van der Waals surface area contributed by atoms with E-state index in [0.29, 0.717) is 31.6 Å². The molecule has 1 aliphatic heterocycles. The summed E-state index contributed by atoms with van der Waals surface area (Å²) in [5, 5.41) is 17.4. The average Bonchev–Trinajstić information content (AvgIpc) is 3.44. The highest BCUT2D eigenvalue weighted by Crippen LogP contribution is 2.28. The molecule has 2 aromatic rings. The number of carbonyl (C=O) groups excluding carboxylic acids is 2. The van der Waals surface area contributed by atoms with Crippen LogP contribution in [0.1, 0.15) is 25.7 Å². The number of ether oxygens (including phenoxy) is 1. The maximum atomic E-state index is 12.3. The van der Waals surface area contributed by atoms with Crippen LogP contribution < -0.4 is 15.0 Å². The molecule has 29 heavy (non-hydrogen) atoms. The van der Waals surface area contributed by atoms with Gasteiger partial charge >= 0.3 is 0 Å². The second-order valence-electron chi connectivity index (χ2n) is 7.74. The Morgan fingerprint density at radius 1 is 1.31 bits per heavy atom. The minimum atomic E-state index is -0.566. The fourth-order valence-corrected chi connectivity index (χ4v) is 4.16. The van der Waals surface area contributed by atoms with Gasteiger partial charge in [0.15, 0.2) is 6.61 Å². The van der Waals surface area contributed by atoms with Crippen LogP contribution in [0, 0.1) is 5.92 Å². The lowest BCUT2D eigenvalue weighted by atomic mass is 10.1. The molecule has 1 unspecified atom stereocenters. The maximum Gasteiger partial charge on any atom is 0.258 e. The van der Waals surface area contributed by atoms with Gasteiger partial charge in [0.2, 0.25) is 5.91 Å². The van der Waals surface area contributed by atoms with Gasteiger partial charge in [-0.25, -0.2) is 0 Å². The Kier molecular flexibility index (Phi) is 5.80. The number of rotatable bonds is 7. The van der Waals surface area contributed by atoms with Gasteiger partial charge < -0.3 is 20.1 Å². The molecule has 4 rings (SSSR count). The summed E-state index contributed by atoms with van der Waals surface area (Å²) in [5.41, 5.74) is 0.790. The first kappa shape index (κ1) is 19.4. The minimum Gasteiger partial charge on any atom is -0.484 e. The van der Waals surface area contributed by atoms with Crippen molar-refractivity contribution in [3.63, 3.8) is 0 Å². The van der Waals surface area contributed by atoms with Crippen molar-refractivity contribution in [3.8, 4) is 5.75 Å². The summed E-state index contributed by atoms with van der Waals surface area (Å²) in [5.74, 6) is 0.655. The monoisotopic (exact) mass is 398 g/mol. The third-order valence-electron chi connectivity index (χ3n) is 5.55. The van der Waals surface area contributed by atoms with Crippen molar-refractivity contribution in [2.24, 2.45) is 5.92 Å². The van der Waals surface area contributed by atoms with E-state index in [1.54, 1.807) is 23.2 Å². The molecule has 1 aromatic carbocycles. The highest BCUT2D eigenvalue weighted by atomic mass is 16.5. The molecular formula is C21H26N4O4. The van der Waals surface area contributed by atoms with Crippen LogP contribution in [0.4, 0.5) is 5.69 Å². The van der Waals surface area contributed by atoms with E-state index in [1.165, 1.54) is 0 Å². The molecule has 2 heterocycles. The Morgan fingerprint density at radius 2 is 2.21 bits per heavy atom. The number of benzene rings is 1. The number of hydrogen-bond acceptors (Lipinski definition) is 5. The first-order valence-electron chi connectivity index (χ1n) is 10.1. The molecule has 8 nitrogen and oxygen atoms in total. The molecular weight excluding hydrogens is 372 g/mol. The lowest BCUT2D eigenvalue weighted by molar-refractivity contribution is -0.124. The van der Waals surface area contributed by atoms with Crippen molar-refractivity contribution in [3.05, 3.63) is 42.7 Å². The van der Waals surface area contributed by atoms with E-state index in [4.69, 9.17) is 4.74 Å². The quantitative estimate of drug-likeness (QED) is 0.734. The summed E-state index contributed by atoms with van der Waals surface area (Å²) < 4.78 is 7.47. The Morgan fingerprint density at radius 3 is 2.97 bits per heavy atom. The van der Waals surface area contributed by atoms with Crippen LogP contribution in [0.2, 0.25) is 0 Å². The van der Waals surface area contributed by atoms with E-state index in [1.807, 2.05) is 29.1 Å². The summed E-state index contributed by atoms with van der Waals surface area (Å²) in [4.78, 5) is 25.9. The second kappa shape index (κ2) is 8.65. The van der Waals surface area contributed by atoms with Crippen molar-refractivity contribution in [1.29, 1.82) is 0 Å². The molecule has 0 spiro atoms. The number of anilines is 1. The lowest BCUT2D eigenvalue weighted by Gasteiger charge is -2.18. The van der Waals surface area contributed by atoms with Gasteiger partial charge in [-0.2, -0.15) is 5.10 Å². The minimum absolute atomic E-state index is 0.111. The number of aromatic nitrogens is 2. The van der Waals surface area contributed by atoms with Crippen LogP contribution in [-0.2, 0) is 16.1 Å². The number of amides is 2. The SMILES string of the molecule is O=C(COc1cccc(N2CCCC2=O)c1)N[C@@H]1CC(Cn2cccn2)C[C@H]1O. The summed E-state index contributed by atoms with van der Waals surface area (Å²) in [6.45, 7) is 1.31. The molecule has 1 aliphatic carbocycles. The zero-order valence-corrected chi connectivity index (χ0v) is 16.2. The van der Waals surface area contributed by atoms with Crippen molar-refractivity contribution in [2.75, 3.05) is 18.1 Å². The summed E-state index contributed by atoms with van der Waals surface area (Å²) in [7, 11) is 0. The van der Waals surface area contributed by atoms with E-state index >= 15 is 0 Å². The third kappa shape index (κ3) is 4.76. The molecule has 0 radical (unpaired) electrons. The van der Waals surface area contributed by atoms with Crippen LogP contribution in [0.15, 0.2) is 42.7 Å². The van der Waals surface area contributed by atoms with Crippen LogP contribution in [0.3, 0.4) is 0 Å². The predicted octanol–water partition coefficient (Wildman–Crippen LogP) is 1.34. The average molecular weight is 398 g/mol. The highest BCUT2D eigenvalue weighted by Gasteiger charge is 2.34. The van der Waals surface area contributed by atoms with E-state index in [2.05, 4.69) is 10.4 Å². The zero-order valence-electron chi connectivity index (χ0n) is 16.2. The van der Waals surface area contributed by atoms with E-state index in [9.17, 15) is 14.7 Å². The number of carbonyl (C=O) groups is 2. The van der Waals surface area contributed by atoms with Gasteiger partial charge in [0.1, 0.15) is 5.75 Å². The predicted molar refractivity (Wildman–Crippen MR) is 106 cm³/mol. The molecule has 1 saturated heterocycles. The normalized spacial score (nSPS) is 24.1. The van der Waals surface area contributed by atoms with Crippen molar-refractivity contribution >= 4 is 17.5 Å². The second-order valence-corrected chi connectivity index (χ2v) is 7.74. The molecule has 2 fully saturated rings. The molecule has 154 valence electrons. The van der Waals surface area contributed by atoms with E-state index in [0.717, 1.165) is 18.7 Å². The number of aliphatic hydroxyl groups is 1. The Labute approximate surface area is 169 Å². The van der Waals surface area contributed by atoms with Crippen LogP contribution in [0.25, 0.3) is 0 Å². The van der Waals surface area contributed by atoms with Crippen LogP contribution in [-0.4, -0.2) is 52.0 Å². The molecule has 8 heteroatoms. The van der Waals surface area contributed by atoms with Gasteiger partial charge in [0, 0.05) is 43.7 Å². The van der Waals surface area contributed by atoms with Crippen molar-refractivity contribution in [2.45, 2.75) is 44.4 Å². The Bertz CT molecular complexity index is 854. The van der Waals surface area contributed by atoms with Gasteiger partial charge in [-0.3, -0.25) is 14.3 Å². The fraction of sp³-hybridized carbons (Fsp3) is 0.476. The summed E-state index contributed by atoms with van der Waals surface area (Å²) in [6, 6.07) is 8.82. The van der Waals surface area contributed by atoms with Gasteiger partial charge in [0.25, 0.3) is 5.91 Å². The van der Waals surface area contributed by atoms with E-state index < -0.39 is 6.10 Å². The number of nitrogens with one attached hydrogen (secondary N) is 1. The fourth-order valence-electron chi connectivity index (χ4n) is 4.16. The molecule has 3 atom stereocenters. The van der Waals surface area contributed by atoms with Gasteiger partial charge in [-0.15, -0.1) is 0 Å². The molecule has 1 saturated carbocycles. The van der Waals surface area contributed by atoms with E-state index in [-0.39, 0.29) is 30.4 Å². The van der Waals surface area contributed by atoms with Crippen molar-refractivity contribution < 1.29 is 19.4 Å². The number of aliphatic hydroxyl groups excluding tert-OH is 1. The van der Waals surface area contributed by atoms with Crippen LogP contribution >= 0.6 is 0 Å².